The lowest BCUT2D eigenvalue weighted by Crippen LogP contribution is -2.36. The van der Waals surface area contributed by atoms with Crippen molar-refractivity contribution in [2.75, 3.05) is 19.0 Å². The van der Waals surface area contributed by atoms with Gasteiger partial charge in [0, 0.05) is 30.2 Å². The van der Waals surface area contributed by atoms with Gasteiger partial charge >= 0.3 is 5.97 Å². The summed E-state index contributed by atoms with van der Waals surface area (Å²) in [5.41, 5.74) is 3.54. The highest BCUT2D eigenvalue weighted by molar-refractivity contribution is 6.30. The molecule has 0 spiro atoms. The monoisotopic (exact) mass is 491 g/mol. The number of nitrogens with zero attached hydrogens (tertiary/aromatic N) is 2. The van der Waals surface area contributed by atoms with E-state index < -0.39 is 5.92 Å². The molecule has 1 amide bonds. The van der Waals surface area contributed by atoms with Gasteiger partial charge in [0.15, 0.2) is 5.58 Å². The van der Waals surface area contributed by atoms with Gasteiger partial charge in [-0.15, -0.1) is 0 Å². The number of benzene rings is 3. The fourth-order valence-electron chi connectivity index (χ4n) is 3.77. The Kier molecular flexibility index (Phi) is 7.67. The molecule has 4 rings (SSSR count). The standard InChI is InChI=1S/C27H26ClN3O4/c1-18(26(33)34-2)16-31(17-19-7-4-3-5-8-19)25(32)21-11-12-24-23(14-21)30-27(35-24)29-15-20-9-6-10-22(28)13-20/h3-14,18H,15-17H2,1-2H3,(H,29,30). The van der Waals surface area contributed by atoms with Crippen molar-refractivity contribution in [3.8, 4) is 0 Å². The average molecular weight is 492 g/mol. The van der Waals surface area contributed by atoms with Crippen LogP contribution < -0.4 is 5.32 Å². The number of fused-ring (bicyclic) bond motifs is 1. The first-order chi connectivity index (χ1) is 16.9. The van der Waals surface area contributed by atoms with Gasteiger partial charge in [-0.2, -0.15) is 4.98 Å². The van der Waals surface area contributed by atoms with E-state index in [9.17, 15) is 9.59 Å². The van der Waals surface area contributed by atoms with E-state index in [1.54, 1.807) is 30.0 Å². The summed E-state index contributed by atoms with van der Waals surface area (Å²) in [5.74, 6) is -1.04. The van der Waals surface area contributed by atoms with E-state index in [0.29, 0.717) is 40.8 Å². The summed E-state index contributed by atoms with van der Waals surface area (Å²) in [4.78, 5) is 31.6. The smallest absolute Gasteiger partial charge is 0.310 e. The van der Waals surface area contributed by atoms with Crippen LogP contribution in [0, 0.1) is 5.92 Å². The molecule has 1 unspecified atom stereocenters. The Hall–Kier alpha value is -3.84. The predicted octanol–water partition coefficient (Wildman–Crippen LogP) is 5.54. The first-order valence-corrected chi connectivity index (χ1v) is 11.6. The number of oxazole rings is 1. The lowest BCUT2D eigenvalue weighted by Gasteiger charge is -2.25. The molecule has 3 aromatic carbocycles. The normalized spacial score (nSPS) is 11.7. The van der Waals surface area contributed by atoms with Gasteiger partial charge in [0.25, 0.3) is 11.9 Å². The zero-order chi connectivity index (χ0) is 24.8. The number of rotatable bonds is 9. The molecule has 0 saturated carbocycles. The minimum absolute atomic E-state index is 0.206. The van der Waals surface area contributed by atoms with Crippen molar-refractivity contribution in [2.45, 2.75) is 20.0 Å². The van der Waals surface area contributed by atoms with E-state index in [4.69, 9.17) is 20.8 Å². The van der Waals surface area contributed by atoms with Gasteiger partial charge < -0.3 is 19.4 Å². The fraction of sp³-hybridized carbons (Fsp3) is 0.222. The minimum Gasteiger partial charge on any atom is -0.469 e. The number of aromatic nitrogens is 1. The molecule has 4 aromatic rings. The maximum Gasteiger partial charge on any atom is 0.310 e. The molecule has 1 aromatic heterocycles. The number of ether oxygens (including phenoxy) is 1. The van der Waals surface area contributed by atoms with E-state index in [1.807, 2.05) is 54.6 Å². The molecule has 0 fully saturated rings. The molecule has 180 valence electrons. The molecule has 35 heavy (non-hydrogen) atoms. The van der Waals surface area contributed by atoms with Gasteiger partial charge in [0.2, 0.25) is 0 Å². The SMILES string of the molecule is COC(=O)C(C)CN(Cc1ccccc1)C(=O)c1ccc2oc(NCc3cccc(Cl)c3)nc2c1. The number of methoxy groups -OCH3 is 1. The van der Waals surface area contributed by atoms with Gasteiger partial charge in [-0.3, -0.25) is 9.59 Å². The summed E-state index contributed by atoms with van der Waals surface area (Å²) in [5, 5.41) is 3.80. The van der Waals surface area contributed by atoms with E-state index in [1.165, 1.54) is 7.11 Å². The highest BCUT2D eigenvalue weighted by atomic mass is 35.5. The first-order valence-electron chi connectivity index (χ1n) is 11.2. The molecule has 0 saturated heterocycles. The highest BCUT2D eigenvalue weighted by Crippen LogP contribution is 2.23. The molecule has 8 heteroatoms. The van der Waals surface area contributed by atoms with Crippen molar-refractivity contribution in [2.24, 2.45) is 5.92 Å². The molecule has 1 atom stereocenters. The second kappa shape index (κ2) is 11.1. The topological polar surface area (TPSA) is 84.7 Å². The molecule has 1 heterocycles. The number of hydrogen-bond donors (Lipinski definition) is 1. The Labute approximate surface area is 208 Å². The summed E-state index contributed by atoms with van der Waals surface area (Å²) in [6.45, 7) is 2.83. The van der Waals surface area contributed by atoms with Crippen LogP contribution in [0.2, 0.25) is 5.02 Å². The Morgan fingerprint density at radius 2 is 1.83 bits per heavy atom. The number of nitrogens with one attached hydrogen (secondary N) is 1. The van der Waals surface area contributed by atoms with E-state index >= 15 is 0 Å². The van der Waals surface area contributed by atoms with E-state index in [2.05, 4.69) is 10.3 Å². The van der Waals surface area contributed by atoms with Crippen LogP contribution in [0.3, 0.4) is 0 Å². The van der Waals surface area contributed by atoms with Crippen molar-refractivity contribution in [1.82, 2.24) is 9.88 Å². The fourth-order valence-corrected chi connectivity index (χ4v) is 3.99. The third-order valence-corrected chi connectivity index (χ3v) is 5.80. The lowest BCUT2D eigenvalue weighted by atomic mass is 10.1. The maximum absolute atomic E-state index is 13.5. The first kappa shape index (κ1) is 24.3. The van der Waals surface area contributed by atoms with Crippen LogP contribution in [0.5, 0.6) is 0 Å². The van der Waals surface area contributed by atoms with Crippen LogP contribution in [0.15, 0.2) is 77.2 Å². The van der Waals surface area contributed by atoms with Crippen molar-refractivity contribution >= 4 is 40.6 Å². The number of hydrogen-bond acceptors (Lipinski definition) is 6. The largest absolute Gasteiger partial charge is 0.469 e. The highest BCUT2D eigenvalue weighted by Gasteiger charge is 2.23. The van der Waals surface area contributed by atoms with Crippen molar-refractivity contribution in [3.05, 3.63) is 94.5 Å². The average Bonchev–Trinajstić information content (AvgIpc) is 3.29. The molecule has 0 aliphatic carbocycles. The second-order valence-corrected chi connectivity index (χ2v) is 8.72. The van der Waals surface area contributed by atoms with Gasteiger partial charge in [-0.1, -0.05) is 61.0 Å². The number of anilines is 1. The molecule has 0 bridgehead atoms. The van der Waals surface area contributed by atoms with Crippen LogP contribution in [0.1, 0.15) is 28.4 Å². The quantitative estimate of drug-likeness (QED) is 0.309. The van der Waals surface area contributed by atoms with Crippen LogP contribution in [-0.2, 0) is 22.6 Å². The molecular weight excluding hydrogens is 466 g/mol. The Bertz CT molecular complexity index is 1320. The summed E-state index contributed by atoms with van der Waals surface area (Å²) >= 11 is 6.04. The molecule has 7 nitrogen and oxygen atoms in total. The predicted molar refractivity (Wildman–Crippen MR) is 135 cm³/mol. The van der Waals surface area contributed by atoms with Gasteiger partial charge in [-0.25, -0.2) is 0 Å². The van der Waals surface area contributed by atoms with Crippen molar-refractivity contribution < 1.29 is 18.7 Å². The second-order valence-electron chi connectivity index (χ2n) is 8.28. The number of halogens is 1. The van der Waals surface area contributed by atoms with E-state index in [0.717, 1.165) is 11.1 Å². The Balaban J connectivity index is 1.53. The number of esters is 1. The van der Waals surface area contributed by atoms with Gasteiger partial charge in [-0.05, 0) is 41.5 Å². The Morgan fingerprint density at radius 1 is 1.06 bits per heavy atom. The van der Waals surface area contributed by atoms with Crippen LogP contribution in [0.25, 0.3) is 11.1 Å². The van der Waals surface area contributed by atoms with Crippen LogP contribution in [-0.4, -0.2) is 35.4 Å². The maximum atomic E-state index is 13.5. The third kappa shape index (κ3) is 6.19. The third-order valence-electron chi connectivity index (χ3n) is 5.57. The van der Waals surface area contributed by atoms with E-state index in [-0.39, 0.29) is 18.4 Å². The minimum atomic E-state index is -0.467. The molecule has 0 aliphatic rings. The summed E-state index contributed by atoms with van der Waals surface area (Å²) < 4.78 is 10.6. The Morgan fingerprint density at radius 3 is 2.57 bits per heavy atom. The van der Waals surface area contributed by atoms with Gasteiger partial charge in [0.1, 0.15) is 5.52 Å². The number of amides is 1. The number of carbonyl (C=O) groups excluding carboxylic acids is 2. The summed E-state index contributed by atoms with van der Waals surface area (Å²) in [6, 6.07) is 22.6. The number of carbonyl (C=O) groups is 2. The van der Waals surface area contributed by atoms with Crippen LogP contribution >= 0.6 is 11.6 Å². The summed E-state index contributed by atoms with van der Waals surface area (Å²) in [7, 11) is 1.35. The van der Waals surface area contributed by atoms with Crippen molar-refractivity contribution in [1.29, 1.82) is 0 Å². The molecule has 1 N–H and O–H groups in total. The summed E-state index contributed by atoms with van der Waals surface area (Å²) in [6.07, 6.45) is 0. The zero-order valence-corrected chi connectivity index (χ0v) is 20.3. The van der Waals surface area contributed by atoms with Crippen molar-refractivity contribution in [3.63, 3.8) is 0 Å². The molecular formula is C27H26ClN3O4. The zero-order valence-electron chi connectivity index (χ0n) is 19.5. The molecule has 0 radical (unpaired) electrons. The van der Waals surface area contributed by atoms with Gasteiger partial charge in [0.05, 0.1) is 13.0 Å². The van der Waals surface area contributed by atoms with Crippen LogP contribution in [0.4, 0.5) is 6.01 Å². The lowest BCUT2D eigenvalue weighted by molar-refractivity contribution is -0.145. The molecule has 0 aliphatic heterocycles.